The molecule has 0 unspecified atom stereocenters. The van der Waals surface area contributed by atoms with Gasteiger partial charge in [0.05, 0.1) is 0 Å². The summed E-state index contributed by atoms with van der Waals surface area (Å²) in [6, 6.07) is 2.03. The van der Waals surface area contributed by atoms with Crippen LogP contribution < -0.4 is 0 Å². The molecule has 2 heterocycles. The van der Waals surface area contributed by atoms with Crippen molar-refractivity contribution in [2.24, 2.45) is 5.92 Å². The molecule has 0 aliphatic heterocycles. The van der Waals surface area contributed by atoms with E-state index in [-0.39, 0.29) is 0 Å². The van der Waals surface area contributed by atoms with Crippen LogP contribution in [0.15, 0.2) is 12.3 Å². The fraction of sp³-hybridized carbons (Fsp3) is 0.625. The zero-order valence-electron chi connectivity index (χ0n) is 12.1. The van der Waals surface area contributed by atoms with Crippen molar-refractivity contribution in [1.29, 1.82) is 0 Å². The largest absolute Gasteiger partial charge is 0.313 e. The van der Waals surface area contributed by atoms with E-state index in [0.29, 0.717) is 5.88 Å². The van der Waals surface area contributed by atoms with Crippen molar-refractivity contribution in [3.8, 4) is 0 Å². The first kappa shape index (κ1) is 13.9. The second kappa shape index (κ2) is 6.13. The number of pyridine rings is 1. The lowest BCUT2D eigenvalue weighted by atomic mass is 10.0. The normalized spacial score (nSPS) is 16.3. The van der Waals surface area contributed by atoms with E-state index in [0.717, 1.165) is 35.9 Å². The third kappa shape index (κ3) is 2.69. The third-order valence-corrected chi connectivity index (χ3v) is 4.66. The number of hydrogen-bond acceptors (Lipinski definition) is 2. The van der Waals surface area contributed by atoms with Crippen molar-refractivity contribution >= 4 is 22.8 Å². The highest BCUT2D eigenvalue weighted by atomic mass is 35.5. The van der Waals surface area contributed by atoms with Crippen LogP contribution in [0.25, 0.3) is 11.2 Å². The van der Waals surface area contributed by atoms with Crippen LogP contribution in [0.5, 0.6) is 0 Å². The lowest BCUT2D eigenvalue weighted by Gasteiger charge is -2.12. The fourth-order valence-corrected chi connectivity index (χ4v) is 3.47. The molecular formula is C16H22ClN3. The predicted octanol–water partition coefficient (Wildman–Crippen LogP) is 4.10. The second-order valence-electron chi connectivity index (χ2n) is 5.86. The summed E-state index contributed by atoms with van der Waals surface area (Å²) in [6.45, 7) is 3.13. The lowest BCUT2D eigenvalue weighted by Crippen LogP contribution is -2.08. The standard InChI is InChI=1S/C16H22ClN3/c1-12-7-10-18-16-15(12)19-14(6-9-17)20(16)11-8-13-4-2-3-5-13/h7,10,13H,2-6,8-9,11H2,1H3. The van der Waals surface area contributed by atoms with Gasteiger partial charge in [-0.15, -0.1) is 11.6 Å². The van der Waals surface area contributed by atoms with Crippen LogP contribution in [0, 0.1) is 12.8 Å². The van der Waals surface area contributed by atoms with Crippen molar-refractivity contribution in [3.63, 3.8) is 0 Å². The van der Waals surface area contributed by atoms with E-state index in [4.69, 9.17) is 16.6 Å². The molecule has 0 amide bonds. The Bertz CT molecular complexity index is 585. The van der Waals surface area contributed by atoms with Gasteiger partial charge in [-0.05, 0) is 30.9 Å². The highest BCUT2D eigenvalue weighted by Gasteiger charge is 2.17. The topological polar surface area (TPSA) is 30.7 Å². The van der Waals surface area contributed by atoms with Crippen molar-refractivity contribution in [3.05, 3.63) is 23.7 Å². The van der Waals surface area contributed by atoms with E-state index >= 15 is 0 Å². The number of nitrogens with zero attached hydrogens (tertiary/aromatic N) is 3. The van der Waals surface area contributed by atoms with Crippen molar-refractivity contribution in [1.82, 2.24) is 14.5 Å². The summed E-state index contributed by atoms with van der Waals surface area (Å²) in [5.41, 5.74) is 3.27. The molecule has 108 valence electrons. The Morgan fingerprint density at radius 1 is 1.35 bits per heavy atom. The van der Waals surface area contributed by atoms with E-state index in [1.165, 1.54) is 37.7 Å². The van der Waals surface area contributed by atoms with Crippen LogP contribution in [-0.4, -0.2) is 20.4 Å². The molecule has 1 aliphatic rings. The average molecular weight is 292 g/mol. The van der Waals surface area contributed by atoms with E-state index in [2.05, 4.69) is 16.5 Å². The minimum atomic E-state index is 0.617. The number of halogens is 1. The van der Waals surface area contributed by atoms with Gasteiger partial charge in [0.15, 0.2) is 5.65 Å². The third-order valence-electron chi connectivity index (χ3n) is 4.47. The van der Waals surface area contributed by atoms with Gasteiger partial charge in [0.2, 0.25) is 0 Å². The molecule has 0 saturated heterocycles. The SMILES string of the molecule is Cc1ccnc2c1nc(CCCl)n2CCC1CCCC1. The van der Waals surface area contributed by atoms with Crippen LogP contribution in [0.1, 0.15) is 43.5 Å². The Morgan fingerprint density at radius 2 is 2.15 bits per heavy atom. The van der Waals surface area contributed by atoms with Gasteiger partial charge < -0.3 is 4.57 Å². The van der Waals surface area contributed by atoms with Crippen LogP contribution in [0.2, 0.25) is 0 Å². The number of aryl methyl sites for hydroxylation is 3. The van der Waals surface area contributed by atoms with Gasteiger partial charge in [-0.1, -0.05) is 25.7 Å². The first-order valence-corrected chi connectivity index (χ1v) is 8.19. The molecule has 3 nitrogen and oxygen atoms in total. The molecule has 0 N–H and O–H groups in total. The molecule has 2 aromatic heterocycles. The van der Waals surface area contributed by atoms with Crippen molar-refractivity contribution in [2.45, 2.75) is 52.0 Å². The zero-order valence-corrected chi connectivity index (χ0v) is 12.9. The van der Waals surface area contributed by atoms with Gasteiger partial charge in [-0.25, -0.2) is 9.97 Å². The molecule has 1 aliphatic carbocycles. The maximum Gasteiger partial charge on any atom is 0.160 e. The van der Waals surface area contributed by atoms with E-state index in [9.17, 15) is 0 Å². The first-order chi connectivity index (χ1) is 9.79. The number of hydrogen-bond donors (Lipinski definition) is 0. The molecule has 3 rings (SSSR count). The number of rotatable bonds is 5. The highest BCUT2D eigenvalue weighted by Crippen LogP contribution is 2.29. The minimum Gasteiger partial charge on any atom is -0.313 e. The Balaban J connectivity index is 1.89. The summed E-state index contributed by atoms with van der Waals surface area (Å²) in [7, 11) is 0. The molecule has 2 aromatic rings. The molecule has 0 bridgehead atoms. The Kier molecular flexibility index (Phi) is 4.25. The Morgan fingerprint density at radius 3 is 2.90 bits per heavy atom. The summed E-state index contributed by atoms with van der Waals surface area (Å²) >= 11 is 5.93. The smallest absolute Gasteiger partial charge is 0.160 e. The number of aromatic nitrogens is 3. The monoisotopic (exact) mass is 291 g/mol. The molecule has 4 heteroatoms. The molecular weight excluding hydrogens is 270 g/mol. The van der Waals surface area contributed by atoms with Crippen LogP contribution in [0.3, 0.4) is 0 Å². The van der Waals surface area contributed by atoms with Crippen molar-refractivity contribution in [2.75, 3.05) is 5.88 Å². The Hall–Kier alpha value is -1.09. The van der Waals surface area contributed by atoms with Crippen LogP contribution in [-0.2, 0) is 13.0 Å². The quantitative estimate of drug-likeness (QED) is 0.777. The summed E-state index contributed by atoms with van der Waals surface area (Å²) < 4.78 is 2.29. The maximum atomic E-state index is 5.93. The molecule has 20 heavy (non-hydrogen) atoms. The summed E-state index contributed by atoms with van der Waals surface area (Å²) in [6.07, 6.45) is 9.55. The van der Waals surface area contributed by atoms with Gasteiger partial charge >= 0.3 is 0 Å². The van der Waals surface area contributed by atoms with Crippen molar-refractivity contribution < 1.29 is 0 Å². The van der Waals surface area contributed by atoms with Gasteiger partial charge in [-0.3, -0.25) is 0 Å². The predicted molar refractivity (Wildman–Crippen MR) is 83.3 cm³/mol. The minimum absolute atomic E-state index is 0.617. The number of alkyl halides is 1. The number of imidazole rings is 1. The summed E-state index contributed by atoms with van der Waals surface area (Å²) in [4.78, 5) is 9.31. The number of fused-ring (bicyclic) bond motifs is 1. The molecule has 1 saturated carbocycles. The lowest BCUT2D eigenvalue weighted by molar-refractivity contribution is 0.456. The van der Waals surface area contributed by atoms with E-state index < -0.39 is 0 Å². The summed E-state index contributed by atoms with van der Waals surface area (Å²) in [5.74, 6) is 2.60. The molecule has 0 atom stereocenters. The van der Waals surface area contributed by atoms with Gasteiger partial charge in [0.25, 0.3) is 0 Å². The van der Waals surface area contributed by atoms with Gasteiger partial charge in [-0.2, -0.15) is 0 Å². The second-order valence-corrected chi connectivity index (χ2v) is 6.24. The maximum absolute atomic E-state index is 5.93. The van der Waals surface area contributed by atoms with E-state index in [1.807, 2.05) is 12.3 Å². The molecule has 0 spiro atoms. The first-order valence-electron chi connectivity index (χ1n) is 7.66. The molecule has 1 fully saturated rings. The van der Waals surface area contributed by atoms with Crippen LogP contribution >= 0.6 is 11.6 Å². The average Bonchev–Trinajstić information content (AvgIpc) is 3.05. The van der Waals surface area contributed by atoms with Crippen LogP contribution in [0.4, 0.5) is 0 Å². The highest BCUT2D eigenvalue weighted by molar-refractivity contribution is 6.17. The molecule has 0 radical (unpaired) electrons. The molecule has 0 aromatic carbocycles. The fourth-order valence-electron chi connectivity index (χ4n) is 3.30. The Labute approximate surface area is 125 Å². The zero-order chi connectivity index (χ0) is 13.9. The summed E-state index contributed by atoms with van der Waals surface area (Å²) in [5, 5.41) is 0. The van der Waals surface area contributed by atoms with Gasteiger partial charge in [0.1, 0.15) is 11.3 Å². The van der Waals surface area contributed by atoms with E-state index in [1.54, 1.807) is 0 Å². The van der Waals surface area contributed by atoms with Gasteiger partial charge in [0, 0.05) is 25.0 Å².